The van der Waals surface area contributed by atoms with Gasteiger partial charge in [-0.05, 0) is 13.8 Å². The van der Waals surface area contributed by atoms with Crippen LogP contribution < -0.4 is 5.32 Å². The maximum Gasteiger partial charge on any atom is 0.229 e. The fourth-order valence-corrected chi connectivity index (χ4v) is 3.34. The lowest BCUT2D eigenvalue weighted by molar-refractivity contribution is -0.139. The maximum atomic E-state index is 12.8. The number of anilines is 1. The smallest absolute Gasteiger partial charge is 0.229 e. The van der Waals surface area contributed by atoms with E-state index < -0.39 is 0 Å². The number of ether oxygens (including phenoxy) is 1. The maximum absolute atomic E-state index is 12.8. The van der Waals surface area contributed by atoms with Crippen molar-refractivity contribution in [3.8, 4) is 0 Å². The van der Waals surface area contributed by atoms with Gasteiger partial charge in [0, 0.05) is 30.7 Å². The van der Waals surface area contributed by atoms with Crippen molar-refractivity contribution in [2.24, 2.45) is 0 Å². The molecule has 2 aromatic rings. The normalized spacial score (nSPS) is 17.8. The first-order chi connectivity index (χ1) is 11.6. The Morgan fingerprint density at radius 2 is 2.25 bits per heavy atom. The number of amides is 1. The van der Waals surface area contributed by atoms with Gasteiger partial charge >= 0.3 is 0 Å². The summed E-state index contributed by atoms with van der Waals surface area (Å²) < 4.78 is 5.58. The molecule has 128 valence electrons. The lowest BCUT2D eigenvalue weighted by atomic mass is 10.1. The Kier molecular flexibility index (Phi) is 5.06. The number of hydrogen-bond acceptors (Lipinski definition) is 7. The minimum atomic E-state index is -0.266. The van der Waals surface area contributed by atoms with Gasteiger partial charge in [-0.25, -0.2) is 15.0 Å². The second kappa shape index (κ2) is 7.23. The second-order valence-electron chi connectivity index (χ2n) is 5.72. The summed E-state index contributed by atoms with van der Waals surface area (Å²) in [4.78, 5) is 28.0. The molecule has 1 N–H and O–H groups in total. The third-order valence-electron chi connectivity index (χ3n) is 3.87. The molecule has 0 radical (unpaired) electrons. The van der Waals surface area contributed by atoms with Crippen LogP contribution in [0.25, 0.3) is 0 Å². The minimum Gasteiger partial charge on any atom is -0.377 e. The van der Waals surface area contributed by atoms with Crippen molar-refractivity contribution in [1.29, 1.82) is 0 Å². The van der Waals surface area contributed by atoms with Gasteiger partial charge in [0.25, 0.3) is 0 Å². The van der Waals surface area contributed by atoms with E-state index in [2.05, 4.69) is 20.3 Å². The van der Waals surface area contributed by atoms with Gasteiger partial charge in [0.15, 0.2) is 5.82 Å². The molecule has 0 unspecified atom stereocenters. The molecular weight excluding hydrogens is 326 g/mol. The van der Waals surface area contributed by atoms with Crippen LogP contribution in [0.3, 0.4) is 0 Å². The van der Waals surface area contributed by atoms with Crippen LogP contribution in [-0.4, -0.2) is 52.6 Å². The van der Waals surface area contributed by atoms with E-state index in [-0.39, 0.29) is 11.9 Å². The van der Waals surface area contributed by atoms with Crippen molar-refractivity contribution in [1.82, 2.24) is 19.9 Å². The highest BCUT2D eigenvalue weighted by molar-refractivity contribution is 7.09. The number of aryl methyl sites for hydroxylation is 2. The lowest BCUT2D eigenvalue weighted by Gasteiger charge is -2.34. The molecule has 0 aromatic carbocycles. The Hall–Kier alpha value is -2.06. The quantitative estimate of drug-likeness (QED) is 0.907. The van der Waals surface area contributed by atoms with Crippen LogP contribution in [0.4, 0.5) is 5.82 Å². The van der Waals surface area contributed by atoms with E-state index in [0.29, 0.717) is 32.0 Å². The zero-order chi connectivity index (χ0) is 17.1. The predicted molar refractivity (Wildman–Crippen MR) is 92.1 cm³/mol. The van der Waals surface area contributed by atoms with Gasteiger partial charge in [-0.15, -0.1) is 11.3 Å². The number of hydrogen-bond donors (Lipinski definition) is 1. The summed E-state index contributed by atoms with van der Waals surface area (Å²) in [6, 6.07) is 1.61. The molecule has 1 atom stereocenters. The molecule has 7 nitrogen and oxygen atoms in total. The van der Waals surface area contributed by atoms with E-state index in [0.717, 1.165) is 22.2 Å². The van der Waals surface area contributed by atoms with Crippen LogP contribution in [0.2, 0.25) is 0 Å². The van der Waals surface area contributed by atoms with Crippen LogP contribution >= 0.6 is 11.3 Å². The second-order valence-corrected chi connectivity index (χ2v) is 6.78. The van der Waals surface area contributed by atoms with Gasteiger partial charge in [0.05, 0.1) is 30.3 Å². The first-order valence-corrected chi connectivity index (χ1v) is 8.76. The molecule has 1 aliphatic heterocycles. The fraction of sp³-hybridized carbons (Fsp3) is 0.500. The Labute approximate surface area is 145 Å². The molecule has 3 heterocycles. The Balaban J connectivity index is 1.82. The first-order valence-electron chi connectivity index (χ1n) is 7.88. The van der Waals surface area contributed by atoms with Gasteiger partial charge in [-0.3, -0.25) is 4.79 Å². The number of morpholine rings is 1. The highest BCUT2D eigenvalue weighted by Crippen LogP contribution is 2.24. The molecule has 1 saturated heterocycles. The first kappa shape index (κ1) is 16.8. The van der Waals surface area contributed by atoms with Crippen LogP contribution in [-0.2, 0) is 16.0 Å². The van der Waals surface area contributed by atoms with Crippen molar-refractivity contribution in [3.05, 3.63) is 33.7 Å². The average molecular weight is 347 g/mol. The molecule has 1 amide bonds. The molecule has 8 heteroatoms. The van der Waals surface area contributed by atoms with Gasteiger partial charge in [-0.1, -0.05) is 0 Å². The summed E-state index contributed by atoms with van der Waals surface area (Å²) in [5, 5.41) is 5.93. The largest absolute Gasteiger partial charge is 0.377 e. The molecule has 3 rings (SSSR count). The number of carbonyl (C=O) groups is 1. The van der Waals surface area contributed by atoms with Crippen molar-refractivity contribution in [2.75, 3.05) is 32.1 Å². The zero-order valence-electron chi connectivity index (χ0n) is 14.1. The third kappa shape index (κ3) is 3.70. The van der Waals surface area contributed by atoms with Crippen molar-refractivity contribution >= 4 is 23.1 Å². The van der Waals surface area contributed by atoms with E-state index in [4.69, 9.17) is 4.74 Å². The van der Waals surface area contributed by atoms with E-state index in [9.17, 15) is 4.79 Å². The summed E-state index contributed by atoms with van der Waals surface area (Å²) in [5.41, 5.74) is 1.67. The van der Waals surface area contributed by atoms with E-state index >= 15 is 0 Å². The third-order valence-corrected chi connectivity index (χ3v) is 4.70. The number of aromatic nitrogens is 3. The minimum absolute atomic E-state index is 0.0321. The zero-order valence-corrected chi connectivity index (χ0v) is 14.9. The summed E-state index contributed by atoms with van der Waals surface area (Å²) in [6.07, 6.45) is 0.297. The van der Waals surface area contributed by atoms with E-state index in [1.807, 2.05) is 37.2 Å². The van der Waals surface area contributed by atoms with Crippen molar-refractivity contribution < 1.29 is 9.53 Å². The predicted octanol–water partition coefficient (Wildman–Crippen LogP) is 1.73. The SMILES string of the molecule is CNc1cc(C)nc([C@@H]2COCCN2C(=O)Cc2csc(C)n2)n1. The molecule has 0 spiro atoms. The number of rotatable bonds is 4. The topological polar surface area (TPSA) is 80.2 Å². The molecule has 0 saturated carbocycles. The molecular formula is C16H21N5O2S. The van der Waals surface area contributed by atoms with Gasteiger partial charge in [0.1, 0.15) is 11.9 Å². The summed E-state index contributed by atoms with van der Waals surface area (Å²) in [7, 11) is 1.82. The number of carbonyl (C=O) groups excluding carboxylic acids is 1. The van der Waals surface area contributed by atoms with Crippen molar-refractivity contribution in [3.63, 3.8) is 0 Å². The number of nitrogens with one attached hydrogen (secondary N) is 1. The summed E-state index contributed by atoms with van der Waals surface area (Å²) in [6.45, 7) is 5.34. The van der Waals surface area contributed by atoms with Crippen LogP contribution in [0.5, 0.6) is 0 Å². The molecule has 1 fully saturated rings. The molecule has 0 bridgehead atoms. The van der Waals surface area contributed by atoms with E-state index in [1.165, 1.54) is 0 Å². The lowest BCUT2D eigenvalue weighted by Crippen LogP contribution is -2.44. The molecule has 0 aliphatic carbocycles. The molecule has 1 aliphatic rings. The highest BCUT2D eigenvalue weighted by Gasteiger charge is 2.31. The van der Waals surface area contributed by atoms with Crippen LogP contribution in [0.1, 0.15) is 28.3 Å². The summed E-state index contributed by atoms with van der Waals surface area (Å²) in [5.74, 6) is 1.39. The molecule has 24 heavy (non-hydrogen) atoms. The van der Waals surface area contributed by atoms with Crippen LogP contribution in [0.15, 0.2) is 11.4 Å². The summed E-state index contributed by atoms with van der Waals surface area (Å²) >= 11 is 1.56. The highest BCUT2D eigenvalue weighted by atomic mass is 32.1. The Morgan fingerprint density at radius 3 is 2.96 bits per heavy atom. The Bertz CT molecular complexity index is 733. The Morgan fingerprint density at radius 1 is 1.42 bits per heavy atom. The number of thiazole rings is 1. The van der Waals surface area contributed by atoms with E-state index in [1.54, 1.807) is 11.3 Å². The average Bonchev–Trinajstić information content (AvgIpc) is 2.99. The van der Waals surface area contributed by atoms with Crippen molar-refractivity contribution in [2.45, 2.75) is 26.3 Å². The standard InChI is InChI=1S/C16H21N5O2S/c1-10-6-14(17-3)20-16(18-10)13-8-23-5-4-21(13)15(22)7-12-9-24-11(2)19-12/h6,9,13H,4-5,7-8H2,1-3H3,(H,17,18,20)/t13-/m0/s1. The fourth-order valence-electron chi connectivity index (χ4n) is 2.73. The van der Waals surface area contributed by atoms with Gasteiger partial charge in [-0.2, -0.15) is 0 Å². The van der Waals surface area contributed by atoms with Crippen LogP contribution in [0, 0.1) is 13.8 Å². The monoisotopic (exact) mass is 347 g/mol. The molecule has 2 aromatic heterocycles. The number of nitrogens with zero attached hydrogens (tertiary/aromatic N) is 4. The van der Waals surface area contributed by atoms with Gasteiger partial charge < -0.3 is 15.0 Å². The van der Waals surface area contributed by atoms with Gasteiger partial charge in [0.2, 0.25) is 5.91 Å².